The highest BCUT2D eigenvalue weighted by atomic mass is 16.5. The molecule has 2 aromatic heterocycles. The number of nitrogens with zero attached hydrogens (tertiary/aromatic N) is 1. The second-order valence-electron chi connectivity index (χ2n) is 4.72. The second kappa shape index (κ2) is 7.44. The van der Waals surface area contributed by atoms with Crippen molar-refractivity contribution in [2.24, 2.45) is 0 Å². The third-order valence-corrected chi connectivity index (χ3v) is 3.18. The summed E-state index contributed by atoms with van der Waals surface area (Å²) >= 11 is 0. The van der Waals surface area contributed by atoms with E-state index in [1.54, 1.807) is 19.2 Å². The number of H-pyrrole nitrogens is 1. The number of hydrogen-bond acceptors (Lipinski definition) is 6. The normalized spacial score (nSPS) is 11.9. The van der Waals surface area contributed by atoms with Gasteiger partial charge in [-0.1, -0.05) is 6.07 Å². The van der Waals surface area contributed by atoms with Gasteiger partial charge in [-0.2, -0.15) is 5.16 Å². The molecule has 0 spiro atoms. The van der Waals surface area contributed by atoms with Crippen LogP contribution >= 0.6 is 0 Å². The minimum Gasteiger partial charge on any atom is -0.481 e. The van der Waals surface area contributed by atoms with Crippen molar-refractivity contribution in [1.29, 1.82) is 0 Å². The van der Waals surface area contributed by atoms with Crippen molar-refractivity contribution < 1.29 is 18.8 Å². The number of nitrogens with one attached hydrogen (secondary N) is 1. The molecule has 7 heteroatoms. The molecule has 0 aromatic carbocycles. The van der Waals surface area contributed by atoms with Crippen LogP contribution in [0.5, 0.6) is 5.88 Å². The van der Waals surface area contributed by atoms with E-state index < -0.39 is 0 Å². The van der Waals surface area contributed by atoms with Crippen molar-refractivity contribution in [2.75, 3.05) is 13.7 Å². The lowest BCUT2D eigenvalue weighted by atomic mass is 9.93. The molecule has 0 saturated carbocycles. The fraction of sp³-hybridized carbons (Fsp3) is 0.400. The smallest absolute Gasteiger partial charge is 0.306 e. The van der Waals surface area contributed by atoms with Gasteiger partial charge in [-0.25, -0.2) is 4.98 Å². The van der Waals surface area contributed by atoms with Crippen LogP contribution in [-0.4, -0.2) is 29.8 Å². The van der Waals surface area contributed by atoms with Gasteiger partial charge in [-0.05, 0) is 12.5 Å². The highest BCUT2D eigenvalue weighted by molar-refractivity contribution is 5.70. The van der Waals surface area contributed by atoms with Crippen LogP contribution < -0.4 is 10.3 Å². The van der Waals surface area contributed by atoms with Crippen LogP contribution in [0.4, 0.5) is 0 Å². The average Bonchev–Trinajstić information content (AvgIpc) is 2.92. The van der Waals surface area contributed by atoms with Crippen molar-refractivity contribution in [3.63, 3.8) is 0 Å². The van der Waals surface area contributed by atoms with Crippen molar-refractivity contribution in [3.8, 4) is 5.88 Å². The van der Waals surface area contributed by atoms with Crippen LogP contribution in [0.15, 0.2) is 33.7 Å². The van der Waals surface area contributed by atoms with Crippen LogP contribution in [0.2, 0.25) is 0 Å². The summed E-state index contributed by atoms with van der Waals surface area (Å²) in [4.78, 5) is 27.1. The Kier molecular flexibility index (Phi) is 5.35. The maximum Gasteiger partial charge on any atom is 0.306 e. The van der Waals surface area contributed by atoms with E-state index in [9.17, 15) is 9.59 Å². The van der Waals surface area contributed by atoms with Gasteiger partial charge in [0.2, 0.25) is 5.88 Å². The molecule has 0 amide bonds. The van der Waals surface area contributed by atoms with E-state index in [1.807, 2.05) is 6.07 Å². The van der Waals surface area contributed by atoms with E-state index in [0.717, 1.165) is 5.56 Å². The first-order valence-corrected chi connectivity index (χ1v) is 6.95. The number of esters is 1. The molecule has 0 bridgehead atoms. The number of pyridine rings is 1. The third-order valence-electron chi connectivity index (χ3n) is 3.18. The Hall–Kier alpha value is -2.57. The molecule has 22 heavy (non-hydrogen) atoms. The SMILES string of the molecule is CCOC(=O)CC(Cc1cc(=O)[nH]o1)c1ccc(OC)nc1. The van der Waals surface area contributed by atoms with Crippen molar-refractivity contribution >= 4 is 5.97 Å². The summed E-state index contributed by atoms with van der Waals surface area (Å²) in [6.07, 6.45) is 2.22. The van der Waals surface area contributed by atoms with Gasteiger partial charge < -0.3 is 14.0 Å². The maximum absolute atomic E-state index is 11.8. The molecule has 0 aliphatic rings. The first-order valence-electron chi connectivity index (χ1n) is 6.95. The monoisotopic (exact) mass is 306 g/mol. The first kappa shape index (κ1) is 15.8. The maximum atomic E-state index is 11.8. The number of aromatic amines is 1. The summed E-state index contributed by atoms with van der Waals surface area (Å²) in [5.41, 5.74) is 0.537. The highest BCUT2D eigenvalue weighted by Gasteiger charge is 2.20. The molecule has 1 N–H and O–H groups in total. The Morgan fingerprint density at radius 3 is 2.82 bits per heavy atom. The topological polar surface area (TPSA) is 94.4 Å². The third kappa shape index (κ3) is 4.21. The quantitative estimate of drug-likeness (QED) is 0.782. The summed E-state index contributed by atoms with van der Waals surface area (Å²) in [6, 6.07) is 4.93. The molecular weight excluding hydrogens is 288 g/mol. The van der Waals surface area contributed by atoms with E-state index in [2.05, 4.69) is 10.1 Å². The fourth-order valence-electron chi connectivity index (χ4n) is 2.15. The van der Waals surface area contributed by atoms with E-state index in [0.29, 0.717) is 24.7 Å². The molecule has 0 radical (unpaired) electrons. The molecule has 1 atom stereocenters. The number of carbonyl (C=O) groups excluding carboxylic acids is 1. The predicted molar refractivity (Wildman–Crippen MR) is 77.8 cm³/mol. The standard InChI is InChI=1S/C15H18N2O5/c1-3-21-15(19)7-11(6-12-8-13(18)17-22-12)10-4-5-14(20-2)16-9-10/h4-5,8-9,11H,3,6-7H2,1-2H3,(H,17,18). The zero-order valence-electron chi connectivity index (χ0n) is 12.5. The van der Waals surface area contributed by atoms with Crippen molar-refractivity contribution in [1.82, 2.24) is 10.1 Å². The second-order valence-corrected chi connectivity index (χ2v) is 4.72. The summed E-state index contributed by atoms with van der Waals surface area (Å²) < 4.78 is 15.1. The highest BCUT2D eigenvalue weighted by Crippen LogP contribution is 2.25. The van der Waals surface area contributed by atoms with Gasteiger partial charge in [0.1, 0.15) is 5.76 Å². The molecular formula is C15H18N2O5. The minimum absolute atomic E-state index is 0.177. The van der Waals surface area contributed by atoms with Crippen LogP contribution in [-0.2, 0) is 16.0 Å². The molecule has 1 unspecified atom stereocenters. The number of hydrogen-bond donors (Lipinski definition) is 1. The van der Waals surface area contributed by atoms with Gasteiger partial charge in [0.25, 0.3) is 5.56 Å². The van der Waals surface area contributed by atoms with E-state index in [-0.39, 0.29) is 23.9 Å². The van der Waals surface area contributed by atoms with Crippen LogP contribution in [0.3, 0.4) is 0 Å². The first-order chi connectivity index (χ1) is 10.6. The lowest BCUT2D eigenvalue weighted by molar-refractivity contribution is -0.143. The molecule has 0 fully saturated rings. The number of methoxy groups -OCH3 is 1. The molecule has 118 valence electrons. The van der Waals surface area contributed by atoms with Gasteiger partial charge in [0, 0.05) is 30.7 Å². The summed E-state index contributed by atoms with van der Waals surface area (Å²) in [5, 5.41) is 2.24. The van der Waals surface area contributed by atoms with E-state index >= 15 is 0 Å². The van der Waals surface area contributed by atoms with Crippen molar-refractivity contribution in [3.05, 3.63) is 46.1 Å². The molecule has 7 nitrogen and oxygen atoms in total. The Bertz CT molecular complexity index is 659. The Morgan fingerprint density at radius 2 is 2.27 bits per heavy atom. The number of carbonyl (C=O) groups is 1. The molecule has 0 saturated heterocycles. The van der Waals surface area contributed by atoms with Gasteiger partial charge in [-0.15, -0.1) is 0 Å². The number of rotatable bonds is 7. The fourth-order valence-corrected chi connectivity index (χ4v) is 2.15. The van der Waals surface area contributed by atoms with Crippen LogP contribution in [0.1, 0.15) is 30.6 Å². The van der Waals surface area contributed by atoms with Gasteiger partial charge in [0.15, 0.2) is 0 Å². The van der Waals surface area contributed by atoms with Crippen molar-refractivity contribution in [2.45, 2.75) is 25.7 Å². The van der Waals surface area contributed by atoms with Crippen LogP contribution in [0.25, 0.3) is 0 Å². The average molecular weight is 306 g/mol. The Balaban J connectivity index is 2.19. The predicted octanol–water partition coefficient (Wildman–Crippen LogP) is 1.65. The molecule has 2 rings (SSSR count). The molecule has 0 aliphatic carbocycles. The van der Waals surface area contributed by atoms with Gasteiger partial charge in [0.05, 0.1) is 20.1 Å². The largest absolute Gasteiger partial charge is 0.481 e. The van der Waals surface area contributed by atoms with E-state index in [1.165, 1.54) is 13.2 Å². The zero-order valence-corrected chi connectivity index (χ0v) is 12.5. The summed E-state index contributed by atoms with van der Waals surface area (Å²) in [6.45, 7) is 2.08. The summed E-state index contributed by atoms with van der Waals surface area (Å²) in [5.74, 6) is 0.472. The van der Waals surface area contributed by atoms with Gasteiger partial charge in [-0.3, -0.25) is 9.59 Å². The molecule has 2 aromatic rings. The number of aromatic nitrogens is 2. The molecule has 2 heterocycles. The van der Waals surface area contributed by atoms with E-state index in [4.69, 9.17) is 14.0 Å². The van der Waals surface area contributed by atoms with Crippen LogP contribution in [0, 0.1) is 0 Å². The zero-order chi connectivity index (χ0) is 15.9. The lowest BCUT2D eigenvalue weighted by Crippen LogP contribution is -2.13. The Labute approximate surface area is 127 Å². The number of ether oxygens (including phenoxy) is 2. The molecule has 0 aliphatic heterocycles. The Morgan fingerprint density at radius 1 is 1.45 bits per heavy atom. The summed E-state index contributed by atoms with van der Waals surface area (Å²) in [7, 11) is 1.53. The minimum atomic E-state index is -0.308. The van der Waals surface area contributed by atoms with Gasteiger partial charge >= 0.3 is 5.97 Å². The lowest BCUT2D eigenvalue weighted by Gasteiger charge is -2.15.